The number of aryl methyl sites for hydroxylation is 1. The molecule has 0 fully saturated rings. The summed E-state index contributed by atoms with van der Waals surface area (Å²) in [5, 5.41) is 0. The molecule has 0 amide bonds. The first-order chi connectivity index (χ1) is 15.7. The number of benzene rings is 1. The van der Waals surface area contributed by atoms with Crippen LogP contribution in [0.2, 0.25) is 0 Å². The van der Waals surface area contributed by atoms with E-state index in [1.807, 2.05) is 37.4 Å². The van der Waals surface area contributed by atoms with Gasteiger partial charge in [0.25, 0.3) is 0 Å². The Labute approximate surface area is 195 Å². The number of aromatic nitrogens is 1. The molecule has 2 aromatic rings. The molecule has 178 valence electrons. The summed E-state index contributed by atoms with van der Waals surface area (Å²) in [4.78, 5) is 12.3. The Balaban J connectivity index is 1.66. The van der Waals surface area contributed by atoms with Crippen molar-refractivity contribution in [2.75, 3.05) is 7.11 Å². The summed E-state index contributed by atoms with van der Waals surface area (Å²) in [5.41, 5.74) is 1.87. The van der Waals surface area contributed by atoms with Crippen molar-refractivity contribution in [3.8, 4) is 11.5 Å². The molecule has 0 aliphatic rings. The molecule has 4 nitrogen and oxygen atoms in total. The van der Waals surface area contributed by atoms with Gasteiger partial charge in [-0.05, 0) is 31.0 Å². The van der Waals surface area contributed by atoms with Gasteiger partial charge in [-0.15, -0.1) is 0 Å². The lowest BCUT2D eigenvalue weighted by Crippen LogP contribution is -2.15. The van der Waals surface area contributed by atoms with Crippen molar-refractivity contribution < 1.29 is 9.47 Å². The Kier molecular flexibility index (Phi) is 12.6. The molecule has 0 saturated carbocycles. The number of pyridine rings is 1. The number of nitrogens with zero attached hydrogens (tertiary/aromatic N) is 1. The molecule has 0 saturated heterocycles. The Morgan fingerprint density at radius 2 is 1.34 bits per heavy atom. The van der Waals surface area contributed by atoms with Crippen LogP contribution in [0.4, 0.5) is 0 Å². The molecule has 1 heterocycles. The van der Waals surface area contributed by atoms with Crippen LogP contribution in [-0.2, 0) is 13.2 Å². The first kappa shape index (κ1) is 26.0. The van der Waals surface area contributed by atoms with Gasteiger partial charge in [-0.2, -0.15) is 0 Å². The number of hydrogen-bond acceptors (Lipinski definition) is 3. The normalized spacial score (nSPS) is 11.0. The second-order valence-corrected chi connectivity index (χ2v) is 8.81. The third-order valence-electron chi connectivity index (χ3n) is 6.18. The molecule has 0 bridgehead atoms. The summed E-state index contributed by atoms with van der Waals surface area (Å²) in [6.45, 7) is 5.56. The van der Waals surface area contributed by atoms with Crippen LogP contribution in [0.15, 0.2) is 41.3 Å². The standard InChI is InChI=1S/C28H43NO3/c1-4-5-6-7-8-9-10-11-12-13-14-15-21-29-22-20-27(30)28(24(29)2)32-23-25-16-18-26(31-3)19-17-25/h16-20,22H,4-15,21,23H2,1-3H3. The van der Waals surface area contributed by atoms with Crippen LogP contribution >= 0.6 is 0 Å². The predicted octanol–water partition coefficient (Wildman–Crippen LogP) is 7.45. The number of methoxy groups -OCH3 is 1. The van der Waals surface area contributed by atoms with E-state index in [-0.39, 0.29) is 5.43 Å². The van der Waals surface area contributed by atoms with E-state index >= 15 is 0 Å². The molecule has 0 atom stereocenters. The lowest BCUT2D eigenvalue weighted by Gasteiger charge is -2.15. The molecule has 32 heavy (non-hydrogen) atoms. The number of rotatable bonds is 17. The third-order valence-corrected chi connectivity index (χ3v) is 6.18. The fraction of sp³-hybridized carbons (Fsp3) is 0.607. The van der Waals surface area contributed by atoms with Gasteiger partial charge >= 0.3 is 0 Å². The molecule has 4 heteroatoms. The zero-order valence-corrected chi connectivity index (χ0v) is 20.5. The van der Waals surface area contributed by atoms with Crippen molar-refractivity contribution in [3.05, 3.63) is 58.0 Å². The minimum atomic E-state index is -0.0537. The summed E-state index contributed by atoms with van der Waals surface area (Å²) in [5.74, 6) is 1.27. The molecular weight excluding hydrogens is 398 g/mol. The van der Waals surface area contributed by atoms with E-state index in [2.05, 4.69) is 11.5 Å². The van der Waals surface area contributed by atoms with Crippen molar-refractivity contribution in [1.29, 1.82) is 0 Å². The lowest BCUT2D eigenvalue weighted by molar-refractivity contribution is 0.296. The Morgan fingerprint density at radius 1 is 0.781 bits per heavy atom. The van der Waals surface area contributed by atoms with Crippen LogP contribution in [0.5, 0.6) is 11.5 Å². The fourth-order valence-electron chi connectivity index (χ4n) is 4.07. The van der Waals surface area contributed by atoms with Gasteiger partial charge in [0.1, 0.15) is 12.4 Å². The summed E-state index contributed by atoms with van der Waals surface area (Å²) in [6, 6.07) is 9.35. The topological polar surface area (TPSA) is 40.5 Å². The summed E-state index contributed by atoms with van der Waals surface area (Å²) in [6.07, 6.45) is 18.0. The van der Waals surface area contributed by atoms with Gasteiger partial charge in [0.05, 0.1) is 12.8 Å². The zero-order valence-electron chi connectivity index (χ0n) is 20.5. The molecule has 0 aliphatic carbocycles. The van der Waals surface area contributed by atoms with Crippen molar-refractivity contribution in [3.63, 3.8) is 0 Å². The fourth-order valence-corrected chi connectivity index (χ4v) is 4.07. The van der Waals surface area contributed by atoms with Crippen LogP contribution in [0.1, 0.15) is 95.2 Å². The molecule has 0 spiro atoms. The van der Waals surface area contributed by atoms with Gasteiger partial charge in [0.2, 0.25) is 5.43 Å². The Hall–Kier alpha value is -2.23. The van der Waals surface area contributed by atoms with Gasteiger partial charge in [0.15, 0.2) is 5.75 Å². The van der Waals surface area contributed by atoms with Gasteiger partial charge < -0.3 is 14.0 Å². The van der Waals surface area contributed by atoms with Gasteiger partial charge in [-0.25, -0.2) is 0 Å². The SMILES string of the molecule is CCCCCCCCCCCCCCn1ccc(=O)c(OCc2ccc(OC)cc2)c1C. The van der Waals surface area contributed by atoms with E-state index in [0.29, 0.717) is 12.4 Å². The maximum absolute atomic E-state index is 12.3. The molecular formula is C28H43NO3. The third kappa shape index (κ3) is 9.50. The molecule has 0 radical (unpaired) electrons. The first-order valence-electron chi connectivity index (χ1n) is 12.6. The number of hydrogen-bond donors (Lipinski definition) is 0. The van der Waals surface area contributed by atoms with Crippen LogP contribution in [-0.4, -0.2) is 11.7 Å². The van der Waals surface area contributed by atoms with Crippen molar-refractivity contribution in [1.82, 2.24) is 4.57 Å². The van der Waals surface area contributed by atoms with E-state index in [4.69, 9.17) is 9.47 Å². The maximum Gasteiger partial charge on any atom is 0.223 e. The monoisotopic (exact) mass is 441 g/mol. The Bertz CT molecular complexity index is 810. The van der Waals surface area contributed by atoms with Crippen molar-refractivity contribution in [2.24, 2.45) is 0 Å². The molecule has 1 aromatic carbocycles. The van der Waals surface area contributed by atoms with E-state index in [9.17, 15) is 4.79 Å². The molecule has 2 rings (SSSR count). The van der Waals surface area contributed by atoms with Crippen LogP contribution in [0, 0.1) is 6.92 Å². The van der Waals surface area contributed by atoms with E-state index < -0.39 is 0 Å². The van der Waals surface area contributed by atoms with Crippen molar-refractivity contribution >= 4 is 0 Å². The molecule has 0 N–H and O–H groups in total. The smallest absolute Gasteiger partial charge is 0.223 e. The van der Waals surface area contributed by atoms with Crippen LogP contribution in [0.25, 0.3) is 0 Å². The average molecular weight is 442 g/mol. The van der Waals surface area contributed by atoms with E-state index in [0.717, 1.165) is 30.0 Å². The van der Waals surface area contributed by atoms with Gasteiger partial charge in [-0.1, -0.05) is 89.7 Å². The van der Waals surface area contributed by atoms with Crippen molar-refractivity contribution in [2.45, 2.75) is 104 Å². The lowest BCUT2D eigenvalue weighted by atomic mass is 10.1. The van der Waals surface area contributed by atoms with E-state index in [1.54, 1.807) is 13.2 Å². The predicted molar refractivity (Wildman–Crippen MR) is 134 cm³/mol. The average Bonchev–Trinajstić information content (AvgIpc) is 2.81. The maximum atomic E-state index is 12.3. The van der Waals surface area contributed by atoms with Gasteiger partial charge in [0, 0.05) is 18.8 Å². The highest BCUT2D eigenvalue weighted by Gasteiger charge is 2.09. The summed E-state index contributed by atoms with van der Waals surface area (Å²) in [7, 11) is 1.65. The molecule has 1 aromatic heterocycles. The largest absolute Gasteiger partial charge is 0.497 e. The second-order valence-electron chi connectivity index (χ2n) is 8.81. The summed E-state index contributed by atoms with van der Waals surface area (Å²) >= 11 is 0. The van der Waals surface area contributed by atoms with Crippen LogP contribution < -0.4 is 14.9 Å². The van der Waals surface area contributed by atoms with Gasteiger partial charge in [-0.3, -0.25) is 4.79 Å². The molecule has 0 unspecified atom stereocenters. The van der Waals surface area contributed by atoms with E-state index in [1.165, 1.54) is 70.6 Å². The minimum Gasteiger partial charge on any atom is -0.497 e. The quantitative estimate of drug-likeness (QED) is 0.239. The highest BCUT2D eigenvalue weighted by Crippen LogP contribution is 2.17. The zero-order chi connectivity index (χ0) is 23.0. The highest BCUT2D eigenvalue weighted by molar-refractivity contribution is 5.29. The first-order valence-corrected chi connectivity index (χ1v) is 12.6. The Morgan fingerprint density at radius 3 is 1.91 bits per heavy atom. The number of unbranched alkanes of at least 4 members (excludes halogenated alkanes) is 11. The number of ether oxygens (including phenoxy) is 2. The highest BCUT2D eigenvalue weighted by atomic mass is 16.5. The molecule has 0 aliphatic heterocycles. The summed E-state index contributed by atoms with van der Waals surface area (Å²) < 4.78 is 13.2. The second kappa shape index (κ2) is 15.6. The van der Waals surface area contributed by atoms with Crippen LogP contribution in [0.3, 0.4) is 0 Å². The minimum absolute atomic E-state index is 0.0537.